The van der Waals surface area contributed by atoms with Gasteiger partial charge in [-0.2, -0.15) is 18.3 Å². The number of benzene rings is 1. The van der Waals surface area contributed by atoms with Crippen molar-refractivity contribution in [1.29, 1.82) is 0 Å². The zero-order valence-corrected chi connectivity index (χ0v) is 12.5. The topological polar surface area (TPSA) is 70.7 Å². The Morgan fingerprint density at radius 3 is 2.83 bits per heavy atom. The largest absolute Gasteiger partial charge is 0.434 e. The molecular formula is C14H11F3N4OS. The molecular weight excluding hydrogens is 329 g/mol. The molecule has 0 aliphatic carbocycles. The molecule has 0 atom stereocenters. The molecule has 2 aromatic heterocycles. The van der Waals surface area contributed by atoms with Crippen molar-refractivity contribution >= 4 is 28.1 Å². The summed E-state index contributed by atoms with van der Waals surface area (Å²) in [5, 5.41) is 11.4. The van der Waals surface area contributed by atoms with E-state index >= 15 is 0 Å². The number of alkyl halides is 3. The first-order valence-electron chi connectivity index (χ1n) is 6.64. The first kappa shape index (κ1) is 15.5. The van der Waals surface area contributed by atoms with Crippen LogP contribution in [0.1, 0.15) is 16.4 Å². The third-order valence-electron chi connectivity index (χ3n) is 3.16. The van der Waals surface area contributed by atoms with E-state index in [1.165, 1.54) is 0 Å². The molecule has 0 aliphatic rings. The number of aromatic amines is 1. The van der Waals surface area contributed by atoms with Gasteiger partial charge in [0.25, 0.3) is 0 Å². The summed E-state index contributed by atoms with van der Waals surface area (Å²) in [5.74, 6) is -0.317. The van der Waals surface area contributed by atoms with Crippen molar-refractivity contribution in [2.24, 2.45) is 0 Å². The molecule has 0 spiro atoms. The molecule has 0 fully saturated rings. The monoisotopic (exact) mass is 340 g/mol. The molecule has 0 bridgehead atoms. The Balaban J connectivity index is 1.61. The summed E-state index contributed by atoms with van der Waals surface area (Å²) in [4.78, 5) is 15.4. The Labute approximate surface area is 132 Å². The molecule has 3 rings (SSSR count). The summed E-state index contributed by atoms with van der Waals surface area (Å²) in [6.07, 6.45) is -4.40. The SMILES string of the molecule is O=C(Cc1[nH]nc2ccccc12)NCc1nc(C(F)(F)F)cs1. The van der Waals surface area contributed by atoms with Crippen molar-refractivity contribution in [3.63, 3.8) is 0 Å². The van der Waals surface area contributed by atoms with Gasteiger partial charge in [0.05, 0.1) is 24.2 Å². The molecule has 5 nitrogen and oxygen atoms in total. The second-order valence-electron chi connectivity index (χ2n) is 4.80. The lowest BCUT2D eigenvalue weighted by Gasteiger charge is -2.03. The van der Waals surface area contributed by atoms with Crippen molar-refractivity contribution in [2.45, 2.75) is 19.1 Å². The number of hydrogen-bond donors (Lipinski definition) is 2. The first-order chi connectivity index (χ1) is 10.9. The quantitative estimate of drug-likeness (QED) is 0.767. The maximum Gasteiger partial charge on any atom is 0.434 e. The second-order valence-corrected chi connectivity index (χ2v) is 5.74. The highest BCUT2D eigenvalue weighted by Crippen LogP contribution is 2.29. The number of para-hydroxylation sites is 1. The summed E-state index contributed by atoms with van der Waals surface area (Å²) in [7, 11) is 0. The van der Waals surface area contributed by atoms with Crippen LogP contribution in [0.3, 0.4) is 0 Å². The number of fused-ring (bicyclic) bond motifs is 1. The Kier molecular flexibility index (Phi) is 4.03. The van der Waals surface area contributed by atoms with Gasteiger partial charge >= 0.3 is 6.18 Å². The predicted octanol–water partition coefficient (Wildman–Crippen LogP) is 2.90. The van der Waals surface area contributed by atoms with Crippen LogP contribution < -0.4 is 5.32 Å². The van der Waals surface area contributed by atoms with Crippen LogP contribution in [-0.4, -0.2) is 21.1 Å². The van der Waals surface area contributed by atoms with Crippen LogP contribution in [0.15, 0.2) is 29.6 Å². The first-order valence-corrected chi connectivity index (χ1v) is 7.52. The molecule has 0 aliphatic heterocycles. The predicted molar refractivity (Wildman–Crippen MR) is 78.8 cm³/mol. The number of aromatic nitrogens is 3. The number of carbonyl (C=O) groups excluding carboxylic acids is 1. The van der Waals surface area contributed by atoms with Gasteiger partial charge in [0.2, 0.25) is 5.91 Å². The average Bonchev–Trinajstić information content (AvgIpc) is 3.12. The standard InChI is InChI=1S/C14H11F3N4OS/c15-14(16,17)11-7-23-13(19-11)6-18-12(22)5-10-8-3-1-2-4-9(8)20-21-10/h1-4,7H,5-6H2,(H,18,22)(H,20,21). The van der Waals surface area contributed by atoms with Crippen molar-refractivity contribution in [1.82, 2.24) is 20.5 Å². The van der Waals surface area contributed by atoms with E-state index in [-0.39, 0.29) is 23.9 Å². The zero-order valence-electron chi connectivity index (χ0n) is 11.6. The van der Waals surface area contributed by atoms with E-state index in [0.29, 0.717) is 5.69 Å². The summed E-state index contributed by atoms with van der Waals surface area (Å²) in [5.41, 5.74) is 0.476. The van der Waals surface area contributed by atoms with Crippen LogP contribution in [0.25, 0.3) is 10.9 Å². The lowest BCUT2D eigenvalue weighted by molar-refractivity contribution is -0.140. The molecule has 0 radical (unpaired) electrons. The number of nitrogens with zero attached hydrogens (tertiary/aromatic N) is 2. The summed E-state index contributed by atoms with van der Waals surface area (Å²) >= 11 is 0.863. The van der Waals surface area contributed by atoms with Gasteiger partial charge in [-0.1, -0.05) is 18.2 Å². The van der Waals surface area contributed by atoms with Gasteiger partial charge in [-0.05, 0) is 6.07 Å². The normalized spacial score (nSPS) is 11.8. The second kappa shape index (κ2) is 5.99. The molecule has 0 saturated heterocycles. The van der Waals surface area contributed by atoms with Gasteiger partial charge in [0.1, 0.15) is 5.01 Å². The number of H-pyrrole nitrogens is 1. The lowest BCUT2D eigenvalue weighted by atomic mass is 10.1. The summed E-state index contributed by atoms with van der Waals surface area (Å²) < 4.78 is 37.3. The van der Waals surface area contributed by atoms with Crippen LogP contribution in [0, 0.1) is 0 Å². The number of thiazole rings is 1. The fraction of sp³-hybridized carbons (Fsp3) is 0.214. The van der Waals surface area contributed by atoms with E-state index in [0.717, 1.165) is 27.6 Å². The van der Waals surface area contributed by atoms with Crippen LogP contribution >= 0.6 is 11.3 Å². The maximum atomic E-state index is 12.4. The van der Waals surface area contributed by atoms with Crippen molar-refractivity contribution in [3.8, 4) is 0 Å². The fourth-order valence-corrected chi connectivity index (χ4v) is 2.81. The Morgan fingerprint density at radius 1 is 1.30 bits per heavy atom. The minimum atomic E-state index is -4.46. The summed E-state index contributed by atoms with van der Waals surface area (Å²) in [6.45, 7) is -0.0361. The van der Waals surface area contributed by atoms with Gasteiger partial charge < -0.3 is 5.32 Å². The highest BCUT2D eigenvalue weighted by atomic mass is 32.1. The molecule has 1 amide bonds. The van der Waals surface area contributed by atoms with Crippen LogP contribution in [-0.2, 0) is 23.9 Å². The number of rotatable bonds is 4. The summed E-state index contributed by atoms with van der Waals surface area (Å²) in [6, 6.07) is 7.35. The minimum Gasteiger partial charge on any atom is -0.349 e. The molecule has 120 valence electrons. The lowest BCUT2D eigenvalue weighted by Crippen LogP contribution is -2.24. The van der Waals surface area contributed by atoms with Crippen LogP contribution in [0.5, 0.6) is 0 Å². The van der Waals surface area contributed by atoms with Crippen molar-refractivity contribution < 1.29 is 18.0 Å². The molecule has 1 aromatic carbocycles. The highest BCUT2D eigenvalue weighted by molar-refractivity contribution is 7.09. The Bertz CT molecular complexity index is 840. The molecule has 0 saturated carbocycles. The number of amides is 1. The molecule has 2 N–H and O–H groups in total. The van der Waals surface area contributed by atoms with Gasteiger partial charge in [-0.3, -0.25) is 9.89 Å². The van der Waals surface area contributed by atoms with Crippen molar-refractivity contribution in [3.05, 3.63) is 46.0 Å². The van der Waals surface area contributed by atoms with E-state index < -0.39 is 11.9 Å². The van der Waals surface area contributed by atoms with Crippen LogP contribution in [0.2, 0.25) is 0 Å². The average molecular weight is 340 g/mol. The fourth-order valence-electron chi connectivity index (χ4n) is 2.07. The molecule has 23 heavy (non-hydrogen) atoms. The Hall–Kier alpha value is -2.42. The van der Waals surface area contributed by atoms with E-state index in [1.54, 1.807) is 0 Å². The maximum absolute atomic E-state index is 12.4. The zero-order chi connectivity index (χ0) is 16.4. The molecule has 2 heterocycles. The number of carbonyl (C=O) groups is 1. The smallest absolute Gasteiger partial charge is 0.349 e. The molecule has 0 unspecified atom stereocenters. The molecule has 3 aromatic rings. The van der Waals surface area contributed by atoms with E-state index in [1.807, 2.05) is 24.3 Å². The van der Waals surface area contributed by atoms with Crippen LogP contribution in [0.4, 0.5) is 13.2 Å². The van der Waals surface area contributed by atoms with E-state index in [2.05, 4.69) is 20.5 Å². The minimum absolute atomic E-state index is 0.0361. The van der Waals surface area contributed by atoms with Crippen molar-refractivity contribution in [2.75, 3.05) is 0 Å². The third kappa shape index (κ3) is 3.50. The number of halogens is 3. The Morgan fingerprint density at radius 2 is 2.09 bits per heavy atom. The van der Waals surface area contributed by atoms with Gasteiger partial charge in [0.15, 0.2) is 5.69 Å². The van der Waals surface area contributed by atoms with E-state index in [4.69, 9.17) is 0 Å². The third-order valence-corrected chi connectivity index (χ3v) is 4.01. The molecule has 9 heteroatoms. The van der Waals surface area contributed by atoms with Gasteiger partial charge in [-0.25, -0.2) is 4.98 Å². The highest BCUT2D eigenvalue weighted by Gasteiger charge is 2.33. The number of nitrogens with one attached hydrogen (secondary N) is 2. The van der Waals surface area contributed by atoms with Gasteiger partial charge in [0, 0.05) is 10.8 Å². The van der Waals surface area contributed by atoms with Gasteiger partial charge in [-0.15, -0.1) is 11.3 Å². The van der Waals surface area contributed by atoms with E-state index in [9.17, 15) is 18.0 Å². The number of hydrogen-bond acceptors (Lipinski definition) is 4.